The summed E-state index contributed by atoms with van der Waals surface area (Å²) >= 11 is 5.87. The van der Waals surface area contributed by atoms with Gasteiger partial charge < -0.3 is 24.6 Å². The number of nitrogens with one attached hydrogen (secondary N) is 2. The summed E-state index contributed by atoms with van der Waals surface area (Å²) in [5.74, 6) is 2.28. The summed E-state index contributed by atoms with van der Waals surface area (Å²) in [5, 5.41) is 18.3. The second-order valence-corrected chi connectivity index (χ2v) is 8.84. The number of hydrazine groups is 1. The lowest BCUT2D eigenvalue weighted by Gasteiger charge is -2.29. The van der Waals surface area contributed by atoms with Gasteiger partial charge in [0.1, 0.15) is 23.0 Å². The molecule has 1 atom stereocenters. The van der Waals surface area contributed by atoms with Gasteiger partial charge in [-0.25, -0.2) is 0 Å². The molecule has 0 bridgehead atoms. The van der Waals surface area contributed by atoms with Crippen molar-refractivity contribution in [2.75, 3.05) is 26.6 Å². The fraction of sp³-hybridized carbons (Fsp3) is 0.138. The van der Waals surface area contributed by atoms with E-state index in [0.29, 0.717) is 22.1 Å². The zero-order chi connectivity index (χ0) is 25.9. The van der Waals surface area contributed by atoms with Crippen LogP contribution in [-0.2, 0) is 0 Å². The first-order chi connectivity index (χ1) is 18.0. The number of benzene rings is 4. The highest BCUT2D eigenvalue weighted by atomic mass is 32.1. The van der Waals surface area contributed by atoms with Crippen molar-refractivity contribution < 1.29 is 19.3 Å². The van der Waals surface area contributed by atoms with Crippen LogP contribution in [0.2, 0.25) is 0 Å². The fourth-order valence-electron chi connectivity index (χ4n) is 4.50. The van der Waals surface area contributed by atoms with Gasteiger partial charge >= 0.3 is 0 Å². The highest BCUT2D eigenvalue weighted by Gasteiger charge is 2.31. The summed E-state index contributed by atoms with van der Waals surface area (Å²) < 4.78 is 16.4. The Labute approximate surface area is 220 Å². The number of aromatic hydroxyl groups is 1. The van der Waals surface area contributed by atoms with E-state index in [9.17, 15) is 5.11 Å². The van der Waals surface area contributed by atoms with Crippen LogP contribution in [-0.4, -0.2) is 36.6 Å². The summed E-state index contributed by atoms with van der Waals surface area (Å²) in [7, 11) is 4.89. The number of hydrogen-bond acceptors (Lipinski definition) is 6. The molecule has 0 saturated carbocycles. The standard InChI is InChI=1S/C29H27N3O4S/c1-34-19-8-6-7-18(15-19)30-29(37)32-26(17-25(31-32)24-16-20(35-2)11-13-27(24)33)22-12-14-28(36-3)23-10-5-4-9-21(22)23/h4-17,26,31,33H,1-3H3,(H,30,37). The predicted octanol–water partition coefficient (Wildman–Crippen LogP) is 5.87. The van der Waals surface area contributed by atoms with Gasteiger partial charge in [0.15, 0.2) is 5.11 Å². The van der Waals surface area contributed by atoms with Crippen molar-refractivity contribution in [2.45, 2.75) is 6.04 Å². The molecule has 1 heterocycles. The van der Waals surface area contributed by atoms with Crippen molar-refractivity contribution in [1.82, 2.24) is 10.4 Å². The van der Waals surface area contributed by atoms with Gasteiger partial charge in [0.2, 0.25) is 0 Å². The van der Waals surface area contributed by atoms with E-state index >= 15 is 0 Å². The van der Waals surface area contributed by atoms with Crippen molar-refractivity contribution in [3.8, 4) is 23.0 Å². The number of thiocarbonyl (C=S) groups is 1. The van der Waals surface area contributed by atoms with E-state index in [1.54, 1.807) is 39.5 Å². The molecule has 4 aromatic carbocycles. The van der Waals surface area contributed by atoms with E-state index in [2.05, 4.69) is 16.8 Å². The summed E-state index contributed by atoms with van der Waals surface area (Å²) in [6, 6.07) is 24.5. The summed E-state index contributed by atoms with van der Waals surface area (Å²) in [6.45, 7) is 0. The van der Waals surface area contributed by atoms with Crippen LogP contribution in [0.15, 0.2) is 84.9 Å². The molecule has 0 fully saturated rings. The number of rotatable bonds is 6. The summed E-state index contributed by atoms with van der Waals surface area (Å²) in [4.78, 5) is 0. The number of methoxy groups -OCH3 is 3. The number of fused-ring (bicyclic) bond motifs is 1. The maximum absolute atomic E-state index is 10.7. The van der Waals surface area contributed by atoms with E-state index in [1.165, 1.54) is 0 Å². The largest absolute Gasteiger partial charge is 0.507 e. The Hall–Kier alpha value is -4.43. The molecular weight excluding hydrogens is 486 g/mol. The quantitative estimate of drug-likeness (QED) is 0.277. The minimum absolute atomic E-state index is 0.131. The topological polar surface area (TPSA) is 75.2 Å². The second kappa shape index (κ2) is 10.3. The molecule has 0 amide bonds. The lowest BCUT2D eigenvalue weighted by Crippen LogP contribution is -2.42. The molecule has 0 radical (unpaired) electrons. The van der Waals surface area contributed by atoms with Gasteiger partial charge in [-0.3, -0.25) is 10.4 Å². The molecule has 0 aromatic heterocycles. The Morgan fingerprint density at radius 2 is 1.62 bits per heavy atom. The molecule has 1 unspecified atom stereocenters. The molecule has 4 aromatic rings. The van der Waals surface area contributed by atoms with E-state index in [4.69, 9.17) is 26.4 Å². The minimum Gasteiger partial charge on any atom is -0.507 e. The average Bonchev–Trinajstić information content (AvgIpc) is 3.38. The lowest BCUT2D eigenvalue weighted by molar-refractivity contribution is 0.348. The van der Waals surface area contributed by atoms with E-state index in [1.807, 2.05) is 65.7 Å². The van der Waals surface area contributed by atoms with E-state index in [-0.39, 0.29) is 11.8 Å². The highest BCUT2D eigenvalue weighted by Crippen LogP contribution is 2.40. The Morgan fingerprint density at radius 1 is 0.865 bits per heavy atom. The van der Waals surface area contributed by atoms with Crippen molar-refractivity contribution in [1.29, 1.82) is 0 Å². The van der Waals surface area contributed by atoms with Crippen LogP contribution in [0.3, 0.4) is 0 Å². The molecule has 5 rings (SSSR count). The fourth-order valence-corrected chi connectivity index (χ4v) is 4.78. The highest BCUT2D eigenvalue weighted by molar-refractivity contribution is 7.80. The van der Waals surface area contributed by atoms with Crippen LogP contribution in [0.5, 0.6) is 23.0 Å². The second-order valence-electron chi connectivity index (χ2n) is 8.45. The molecule has 1 aliphatic rings. The maximum Gasteiger partial charge on any atom is 0.193 e. The van der Waals surface area contributed by atoms with E-state index < -0.39 is 0 Å². The zero-order valence-electron chi connectivity index (χ0n) is 20.7. The molecule has 0 spiro atoms. The minimum atomic E-state index is -0.290. The van der Waals surface area contributed by atoms with Gasteiger partial charge in [-0.05, 0) is 65.6 Å². The van der Waals surface area contributed by atoms with Crippen LogP contribution in [0.1, 0.15) is 17.2 Å². The zero-order valence-corrected chi connectivity index (χ0v) is 21.5. The number of nitrogens with zero attached hydrogens (tertiary/aromatic N) is 1. The van der Waals surface area contributed by atoms with Gasteiger partial charge in [0.05, 0.1) is 33.1 Å². The number of phenolic OH excluding ortho intramolecular Hbond substituents is 1. The van der Waals surface area contributed by atoms with Crippen LogP contribution in [0.25, 0.3) is 16.5 Å². The number of phenols is 1. The maximum atomic E-state index is 10.7. The first-order valence-corrected chi connectivity index (χ1v) is 12.1. The van der Waals surface area contributed by atoms with Crippen molar-refractivity contribution in [3.05, 3.63) is 96.1 Å². The molecule has 7 nitrogen and oxygen atoms in total. The molecule has 8 heteroatoms. The summed E-state index contributed by atoms with van der Waals surface area (Å²) in [6.07, 6.45) is 2.04. The molecule has 3 N–H and O–H groups in total. The van der Waals surface area contributed by atoms with Gasteiger partial charge in [0, 0.05) is 22.7 Å². The van der Waals surface area contributed by atoms with Crippen molar-refractivity contribution in [2.24, 2.45) is 0 Å². The molecule has 37 heavy (non-hydrogen) atoms. The first kappa shape index (κ1) is 24.3. The third-order valence-corrected chi connectivity index (χ3v) is 6.63. The normalized spacial score (nSPS) is 14.6. The smallest absolute Gasteiger partial charge is 0.193 e. The van der Waals surface area contributed by atoms with Gasteiger partial charge in [-0.1, -0.05) is 36.4 Å². The molecule has 1 aliphatic heterocycles. The Balaban J connectivity index is 1.59. The molecular formula is C29H27N3O4S. The van der Waals surface area contributed by atoms with Gasteiger partial charge in [-0.2, -0.15) is 0 Å². The molecule has 0 saturated heterocycles. The predicted molar refractivity (Wildman–Crippen MR) is 150 cm³/mol. The third-order valence-electron chi connectivity index (χ3n) is 6.33. The van der Waals surface area contributed by atoms with Crippen LogP contribution in [0.4, 0.5) is 5.69 Å². The molecule has 188 valence electrons. The third kappa shape index (κ3) is 4.71. The number of anilines is 1. The monoisotopic (exact) mass is 513 g/mol. The van der Waals surface area contributed by atoms with Crippen LogP contribution in [0, 0.1) is 0 Å². The lowest BCUT2D eigenvalue weighted by atomic mass is 9.97. The first-order valence-electron chi connectivity index (χ1n) is 11.7. The number of hydrogen-bond donors (Lipinski definition) is 3. The van der Waals surface area contributed by atoms with Crippen LogP contribution >= 0.6 is 12.2 Å². The van der Waals surface area contributed by atoms with Crippen LogP contribution < -0.4 is 25.0 Å². The van der Waals surface area contributed by atoms with E-state index in [0.717, 1.165) is 33.5 Å². The average molecular weight is 514 g/mol. The Kier molecular flexibility index (Phi) is 6.74. The van der Waals surface area contributed by atoms with Gasteiger partial charge in [0.25, 0.3) is 0 Å². The van der Waals surface area contributed by atoms with Gasteiger partial charge in [-0.15, -0.1) is 0 Å². The van der Waals surface area contributed by atoms with Crippen molar-refractivity contribution >= 4 is 39.5 Å². The SMILES string of the molecule is COc1cccc(NC(=S)N2NC(c3cc(OC)ccc3O)=CC2c2ccc(OC)c3ccccc23)c1. The Bertz CT molecular complexity index is 1500. The summed E-state index contributed by atoms with van der Waals surface area (Å²) in [5.41, 5.74) is 6.53. The number of ether oxygens (including phenoxy) is 3. The van der Waals surface area contributed by atoms with Crippen molar-refractivity contribution in [3.63, 3.8) is 0 Å². The Morgan fingerprint density at radius 3 is 2.38 bits per heavy atom. The molecule has 0 aliphatic carbocycles.